The highest BCUT2D eigenvalue weighted by molar-refractivity contribution is 6.58. The molecule has 0 atom stereocenters. The molecule has 3 aromatic carbocycles. The fraction of sp³-hybridized carbons (Fsp3) is 0.0833. The Morgan fingerprint density at radius 1 is 0.769 bits per heavy atom. The quantitative estimate of drug-likeness (QED) is 0.471. The Morgan fingerprint density at radius 2 is 1.35 bits per heavy atom. The molecule has 0 N–H and O–H groups in total. The van der Waals surface area contributed by atoms with Crippen molar-refractivity contribution in [3.05, 3.63) is 107 Å². The van der Waals surface area contributed by atoms with Crippen molar-refractivity contribution in [3.8, 4) is 0 Å². The highest BCUT2D eigenvalue weighted by Gasteiger charge is 2.30. The van der Waals surface area contributed by atoms with Crippen LogP contribution < -0.4 is 0 Å². The molecule has 128 valence electrons. The first-order valence-electron chi connectivity index (χ1n) is 8.79. The van der Waals surface area contributed by atoms with Gasteiger partial charge in [-0.15, -0.1) is 0 Å². The lowest BCUT2D eigenvalue weighted by molar-refractivity contribution is 0.299. The third-order valence-corrected chi connectivity index (χ3v) is 4.91. The lowest BCUT2D eigenvalue weighted by Gasteiger charge is -2.16. The summed E-state index contributed by atoms with van der Waals surface area (Å²) in [4.78, 5) is 0. The van der Waals surface area contributed by atoms with E-state index in [0.29, 0.717) is 6.61 Å². The molecule has 0 amide bonds. The molecule has 1 nitrogen and oxygen atoms in total. The average Bonchev–Trinajstić information content (AvgIpc) is 3.00. The smallest absolute Gasteiger partial charge is 0.135 e. The summed E-state index contributed by atoms with van der Waals surface area (Å²) in [5, 5.41) is 0.773. The van der Waals surface area contributed by atoms with Crippen LogP contribution in [0.1, 0.15) is 29.2 Å². The molecule has 26 heavy (non-hydrogen) atoms. The topological polar surface area (TPSA) is 9.23 Å². The molecule has 0 aliphatic heterocycles. The Balaban J connectivity index is 2.05. The SMILES string of the molecule is CCO/C(=C1/C(c2ccccc2)=C(Cl)c2ccccc21)c1ccccc1. The second-order valence-electron chi connectivity index (χ2n) is 6.10. The Kier molecular flexibility index (Phi) is 4.64. The maximum absolute atomic E-state index is 6.86. The van der Waals surface area contributed by atoms with Gasteiger partial charge in [-0.1, -0.05) is 96.5 Å². The van der Waals surface area contributed by atoms with Crippen LogP contribution in [0.15, 0.2) is 84.9 Å². The first kappa shape index (κ1) is 16.7. The molecule has 1 aliphatic carbocycles. The van der Waals surface area contributed by atoms with Crippen LogP contribution in [0.2, 0.25) is 0 Å². The highest BCUT2D eigenvalue weighted by atomic mass is 35.5. The van der Waals surface area contributed by atoms with E-state index < -0.39 is 0 Å². The summed E-state index contributed by atoms with van der Waals surface area (Å²) < 4.78 is 6.16. The number of benzene rings is 3. The molecule has 0 saturated heterocycles. The summed E-state index contributed by atoms with van der Waals surface area (Å²) >= 11 is 6.86. The lowest BCUT2D eigenvalue weighted by atomic mass is 9.94. The number of allylic oxidation sites excluding steroid dienone is 2. The summed E-state index contributed by atoms with van der Waals surface area (Å²) in [5.41, 5.74) is 6.40. The second-order valence-corrected chi connectivity index (χ2v) is 6.48. The van der Waals surface area contributed by atoms with Crippen molar-refractivity contribution in [1.29, 1.82) is 0 Å². The van der Waals surface area contributed by atoms with Crippen molar-refractivity contribution >= 4 is 33.5 Å². The summed E-state index contributed by atoms with van der Waals surface area (Å²) in [5.74, 6) is 0.870. The minimum absolute atomic E-state index is 0.593. The third kappa shape index (κ3) is 2.85. The van der Waals surface area contributed by atoms with Gasteiger partial charge in [-0.25, -0.2) is 0 Å². The van der Waals surface area contributed by atoms with Gasteiger partial charge in [0.2, 0.25) is 0 Å². The van der Waals surface area contributed by atoms with Crippen molar-refractivity contribution < 1.29 is 4.74 Å². The van der Waals surface area contributed by atoms with Gasteiger partial charge in [-0.3, -0.25) is 0 Å². The zero-order valence-corrected chi connectivity index (χ0v) is 15.3. The average molecular weight is 359 g/mol. The fourth-order valence-electron chi connectivity index (χ4n) is 3.42. The van der Waals surface area contributed by atoms with E-state index >= 15 is 0 Å². The monoisotopic (exact) mass is 358 g/mol. The maximum atomic E-state index is 6.86. The molecule has 0 fully saturated rings. The predicted octanol–water partition coefficient (Wildman–Crippen LogP) is 6.71. The molecule has 0 spiro atoms. The van der Waals surface area contributed by atoms with E-state index in [1.165, 1.54) is 0 Å². The van der Waals surface area contributed by atoms with Crippen LogP contribution in [0.5, 0.6) is 0 Å². The lowest BCUT2D eigenvalue weighted by Crippen LogP contribution is -1.98. The number of ether oxygens (including phenoxy) is 1. The fourth-order valence-corrected chi connectivity index (χ4v) is 3.79. The van der Waals surface area contributed by atoms with E-state index in [9.17, 15) is 0 Å². The molecule has 0 aromatic heterocycles. The van der Waals surface area contributed by atoms with Crippen LogP contribution in [0.25, 0.3) is 21.9 Å². The summed E-state index contributed by atoms with van der Waals surface area (Å²) in [6.07, 6.45) is 0. The van der Waals surface area contributed by atoms with Crippen LogP contribution in [0.4, 0.5) is 0 Å². The van der Waals surface area contributed by atoms with E-state index in [0.717, 1.165) is 44.2 Å². The predicted molar refractivity (Wildman–Crippen MR) is 110 cm³/mol. The van der Waals surface area contributed by atoms with Crippen LogP contribution in [0, 0.1) is 0 Å². The van der Waals surface area contributed by atoms with Crippen LogP contribution in [-0.4, -0.2) is 6.61 Å². The van der Waals surface area contributed by atoms with E-state index in [4.69, 9.17) is 16.3 Å². The standard InChI is InChI=1S/C24H19ClO/c1-2-26-24(18-13-7-4-8-14-18)22-19-15-9-10-16-20(19)23(25)21(22)17-11-5-3-6-12-17/h3-16H,2H2,1H3/b24-22+. The minimum atomic E-state index is 0.593. The molecule has 4 rings (SSSR count). The Morgan fingerprint density at radius 3 is 2.00 bits per heavy atom. The van der Waals surface area contributed by atoms with Gasteiger partial charge in [-0.2, -0.15) is 0 Å². The van der Waals surface area contributed by atoms with Gasteiger partial charge in [-0.05, 0) is 18.1 Å². The Bertz CT molecular complexity index is 985. The maximum Gasteiger partial charge on any atom is 0.135 e. The van der Waals surface area contributed by atoms with Gasteiger partial charge >= 0.3 is 0 Å². The minimum Gasteiger partial charge on any atom is -0.493 e. The van der Waals surface area contributed by atoms with Gasteiger partial charge in [0.05, 0.1) is 11.6 Å². The van der Waals surface area contributed by atoms with E-state index in [2.05, 4.69) is 36.4 Å². The van der Waals surface area contributed by atoms with Crippen LogP contribution in [0.3, 0.4) is 0 Å². The van der Waals surface area contributed by atoms with Gasteiger partial charge in [0, 0.05) is 22.3 Å². The molecule has 1 aliphatic rings. The van der Waals surface area contributed by atoms with Crippen molar-refractivity contribution in [2.24, 2.45) is 0 Å². The number of hydrogen-bond acceptors (Lipinski definition) is 1. The van der Waals surface area contributed by atoms with E-state index in [-0.39, 0.29) is 0 Å². The van der Waals surface area contributed by atoms with E-state index in [1.807, 2.05) is 55.5 Å². The molecular formula is C24H19ClO. The molecule has 0 radical (unpaired) electrons. The van der Waals surface area contributed by atoms with Crippen LogP contribution in [-0.2, 0) is 4.74 Å². The summed E-state index contributed by atoms with van der Waals surface area (Å²) in [6, 6.07) is 28.8. The Hall–Kier alpha value is -2.77. The zero-order valence-electron chi connectivity index (χ0n) is 14.6. The van der Waals surface area contributed by atoms with Gasteiger partial charge in [0.25, 0.3) is 0 Å². The van der Waals surface area contributed by atoms with E-state index in [1.54, 1.807) is 0 Å². The van der Waals surface area contributed by atoms with Crippen molar-refractivity contribution in [1.82, 2.24) is 0 Å². The van der Waals surface area contributed by atoms with Crippen LogP contribution >= 0.6 is 11.6 Å². The van der Waals surface area contributed by atoms with Crippen molar-refractivity contribution in [2.45, 2.75) is 6.92 Å². The summed E-state index contributed by atoms with van der Waals surface area (Å²) in [7, 11) is 0. The molecule has 0 unspecified atom stereocenters. The van der Waals surface area contributed by atoms with Gasteiger partial charge in [0.1, 0.15) is 5.76 Å². The number of rotatable bonds is 4. The normalized spacial score (nSPS) is 15.0. The third-order valence-electron chi connectivity index (χ3n) is 4.52. The number of halogens is 1. The van der Waals surface area contributed by atoms with Gasteiger partial charge in [0.15, 0.2) is 0 Å². The molecule has 0 saturated carbocycles. The molecule has 2 heteroatoms. The highest BCUT2D eigenvalue weighted by Crippen LogP contribution is 2.51. The first-order valence-corrected chi connectivity index (χ1v) is 9.17. The molecule has 3 aromatic rings. The molecular weight excluding hydrogens is 340 g/mol. The van der Waals surface area contributed by atoms with Crippen molar-refractivity contribution in [2.75, 3.05) is 6.61 Å². The van der Waals surface area contributed by atoms with Crippen molar-refractivity contribution in [3.63, 3.8) is 0 Å². The molecule has 0 heterocycles. The molecule has 0 bridgehead atoms. The Labute approximate surface area is 159 Å². The zero-order chi connectivity index (χ0) is 17.9. The number of fused-ring (bicyclic) bond motifs is 1. The van der Waals surface area contributed by atoms with Gasteiger partial charge < -0.3 is 4.74 Å². The largest absolute Gasteiger partial charge is 0.493 e. The summed E-state index contributed by atoms with van der Waals surface area (Å²) in [6.45, 7) is 2.60. The first-order chi connectivity index (χ1) is 12.8. The second kappa shape index (κ2) is 7.23. The number of hydrogen-bond donors (Lipinski definition) is 0.